The van der Waals surface area contributed by atoms with Crippen LogP contribution < -0.4 is 4.74 Å². The van der Waals surface area contributed by atoms with Gasteiger partial charge in [0.15, 0.2) is 6.39 Å². The van der Waals surface area contributed by atoms with Crippen LogP contribution >= 0.6 is 15.9 Å². The smallest absolute Gasteiger partial charge is 0.339 e. The van der Waals surface area contributed by atoms with E-state index in [1.807, 2.05) is 0 Å². The summed E-state index contributed by atoms with van der Waals surface area (Å²) in [7, 11) is 0. The molecule has 5 nitrogen and oxygen atoms in total. The van der Waals surface area contributed by atoms with E-state index < -0.39 is 5.97 Å². The number of carbonyl (C=O) groups is 1. The summed E-state index contributed by atoms with van der Waals surface area (Å²) in [5, 5.41) is 9.07. The molecule has 94 valence electrons. The number of benzene rings is 1. The van der Waals surface area contributed by atoms with Crippen molar-refractivity contribution in [2.45, 2.75) is 13.5 Å². The Labute approximate surface area is 112 Å². The van der Waals surface area contributed by atoms with Gasteiger partial charge in [-0.05, 0) is 25.1 Å². The lowest BCUT2D eigenvalue weighted by Crippen LogP contribution is -2.04. The van der Waals surface area contributed by atoms with Crippen molar-refractivity contribution in [1.29, 1.82) is 0 Å². The number of carboxylic acids is 1. The number of carboxylic acid groups (broad SMARTS) is 1. The Balaban J connectivity index is 2.19. The molecule has 0 spiro atoms. The van der Waals surface area contributed by atoms with Crippen LogP contribution in [-0.4, -0.2) is 16.1 Å². The number of hydrogen-bond acceptors (Lipinski definition) is 4. The standard InChI is InChI=1S/C12H10BrNO4/c1-7-10(14-6-18-7)5-17-11-3-2-8(13)4-9(11)12(15)16/h2-4,6H,5H2,1H3,(H,15,16). The molecule has 18 heavy (non-hydrogen) atoms. The molecule has 0 amide bonds. The maximum Gasteiger partial charge on any atom is 0.339 e. The molecule has 1 heterocycles. The first-order valence-corrected chi connectivity index (χ1v) is 5.92. The second-order valence-electron chi connectivity index (χ2n) is 3.59. The van der Waals surface area contributed by atoms with E-state index in [0.717, 1.165) is 0 Å². The highest BCUT2D eigenvalue weighted by atomic mass is 79.9. The maximum atomic E-state index is 11.1. The lowest BCUT2D eigenvalue weighted by atomic mass is 10.2. The molecule has 2 rings (SSSR count). The lowest BCUT2D eigenvalue weighted by Gasteiger charge is -2.08. The number of oxazole rings is 1. The van der Waals surface area contributed by atoms with Gasteiger partial charge in [0.1, 0.15) is 29.4 Å². The monoisotopic (exact) mass is 311 g/mol. The molecule has 0 fully saturated rings. The lowest BCUT2D eigenvalue weighted by molar-refractivity contribution is 0.0691. The van der Waals surface area contributed by atoms with Crippen LogP contribution in [0.1, 0.15) is 21.8 Å². The minimum atomic E-state index is -1.04. The van der Waals surface area contributed by atoms with Gasteiger partial charge in [-0.25, -0.2) is 9.78 Å². The van der Waals surface area contributed by atoms with Crippen molar-refractivity contribution in [3.8, 4) is 5.75 Å². The molecular formula is C12H10BrNO4. The van der Waals surface area contributed by atoms with Crippen LogP contribution in [0.15, 0.2) is 33.5 Å². The summed E-state index contributed by atoms with van der Waals surface area (Å²) in [6, 6.07) is 4.81. The number of halogens is 1. The zero-order chi connectivity index (χ0) is 13.1. The van der Waals surface area contributed by atoms with Crippen LogP contribution in [0.4, 0.5) is 0 Å². The van der Waals surface area contributed by atoms with Crippen molar-refractivity contribution in [2.24, 2.45) is 0 Å². The molecule has 1 aromatic heterocycles. The van der Waals surface area contributed by atoms with E-state index in [1.165, 1.54) is 12.5 Å². The van der Waals surface area contributed by atoms with Crippen LogP contribution in [-0.2, 0) is 6.61 Å². The zero-order valence-corrected chi connectivity index (χ0v) is 11.1. The van der Waals surface area contributed by atoms with Gasteiger partial charge in [-0.2, -0.15) is 0 Å². The van der Waals surface area contributed by atoms with Gasteiger partial charge in [-0.1, -0.05) is 15.9 Å². The fraction of sp³-hybridized carbons (Fsp3) is 0.167. The number of rotatable bonds is 4. The third-order valence-electron chi connectivity index (χ3n) is 2.38. The second kappa shape index (κ2) is 5.22. The highest BCUT2D eigenvalue weighted by molar-refractivity contribution is 9.10. The molecule has 0 radical (unpaired) electrons. The largest absolute Gasteiger partial charge is 0.486 e. The summed E-state index contributed by atoms with van der Waals surface area (Å²) in [5.74, 6) is -0.0831. The first-order chi connectivity index (χ1) is 8.58. The summed E-state index contributed by atoms with van der Waals surface area (Å²) in [6.45, 7) is 1.94. The Morgan fingerprint density at radius 1 is 1.56 bits per heavy atom. The quantitative estimate of drug-likeness (QED) is 0.939. The van der Waals surface area contributed by atoms with Gasteiger partial charge < -0.3 is 14.3 Å². The van der Waals surface area contributed by atoms with Crippen molar-refractivity contribution in [3.05, 3.63) is 46.1 Å². The van der Waals surface area contributed by atoms with Gasteiger partial charge in [0, 0.05) is 4.47 Å². The van der Waals surface area contributed by atoms with Crippen molar-refractivity contribution in [2.75, 3.05) is 0 Å². The van der Waals surface area contributed by atoms with E-state index in [-0.39, 0.29) is 12.2 Å². The summed E-state index contributed by atoms with van der Waals surface area (Å²) >= 11 is 3.22. The molecule has 0 saturated carbocycles. The normalized spacial score (nSPS) is 10.3. The summed E-state index contributed by atoms with van der Waals surface area (Å²) in [6.07, 6.45) is 1.33. The Kier molecular flexibility index (Phi) is 3.66. The van der Waals surface area contributed by atoms with Crippen LogP contribution in [0.5, 0.6) is 5.75 Å². The topological polar surface area (TPSA) is 72.6 Å². The number of aryl methyl sites for hydroxylation is 1. The summed E-state index contributed by atoms with van der Waals surface area (Å²) < 4.78 is 11.2. The maximum absolute atomic E-state index is 11.1. The van der Waals surface area contributed by atoms with Crippen molar-refractivity contribution >= 4 is 21.9 Å². The van der Waals surface area contributed by atoms with E-state index in [4.69, 9.17) is 14.3 Å². The van der Waals surface area contributed by atoms with Crippen LogP contribution in [0.3, 0.4) is 0 Å². The van der Waals surface area contributed by atoms with Crippen LogP contribution in [0, 0.1) is 6.92 Å². The molecule has 2 aromatic rings. The summed E-state index contributed by atoms with van der Waals surface area (Å²) in [4.78, 5) is 15.0. The average molecular weight is 312 g/mol. The Morgan fingerprint density at radius 2 is 2.33 bits per heavy atom. The third kappa shape index (κ3) is 2.70. The molecule has 1 N–H and O–H groups in total. The highest BCUT2D eigenvalue weighted by Crippen LogP contribution is 2.24. The number of aromatic nitrogens is 1. The minimum absolute atomic E-state index is 0.102. The number of aromatic carboxylic acids is 1. The molecule has 1 aromatic carbocycles. The van der Waals surface area contributed by atoms with Crippen molar-refractivity contribution in [1.82, 2.24) is 4.98 Å². The third-order valence-corrected chi connectivity index (χ3v) is 2.87. The minimum Gasteiger partial charge on any atom is -0.486 e. The predicted octanol–water partition coefficient (Wildman–Crippen LogP) is 3.02. The van der Waals surface area contributed by atoms with E-state index in [0.29, 0.717) is 21.7 Å². The highest BCUT2D eigenvalue weighted by Gasteiger charge is 2.13. The number of hydrogen-bond donors (Lipinski definition) is 1. The van der Waals surface area contributed by atoms with Gasteiger partial charge in [0.25, 0.3) is 0 Å². The van der Waals surface area contributed by atoms with Crippen molar-refractivity contribution in [3.63, 3.8) is 0 Å². The molecule has 0 atom stereocenters. The predicted molar refractivity (Wildman–Crippen MR) is 66.7 cm³/mol. The van der Waals surface area contributed by atoms with Crippen LogP contribution in [0.2, 0.25) is 0 Å². The zero-order valence-electron chi connectivity index (χ0n) is 9.51. The Bertz CT molecular complexity index is 579. The van der Waals surface area contributed by atoms with E-state index in [1.54, 1.807) is 19.1 Å². The van der Waals surface area contributed by atoms with Gasteiger partial charge in [-0.15, -0.1) is 0 Å². The molecule has 0 aliphatic rings. The van der Waals surface area contributed by atoms with Gasteiger partial charge >= 0.3 is 5.97 Å². The number of nitrogens with zero attached hydrogens (tertiary/aromatic N) is 1. The first-order valence-electron chi connectivity index (χ1n) is 5.12. The molecule has 0 saturated heterocycles. The Morgan fingerprint density at radius 3 is 2.94 bits per heavy atom. The Hall–Kier alpha value is -1.82. The number of ether oxygens (including phenoxy) is 1. The summed E-state index contributed by atoms with van der Waals surface area (Å²) in [5.41, 5.74) is 0.750. The van der Waals surface area contributed by atoms with Gasteiger partial charge in [0.05, 0.1) is 0 Å². The first kappa shape index (κ1) is 12.6. The fourth-order valence-corrected chi connectivity index (χ4v) is 1.77. The van der Waals surface area contributed by atoms with Crippen LogP contribution in [0.25, 0.3) is 0 Å². The van der Waals surface area contributed by atoms with E-state index in [2.05, 4.69) is 20.9 Å². The molecule has 6 heteroatoms. The average Bonchev–Trinajstić information content (AvgIpc) is 2.73. The fourth-order valence-electron chi connectivity index (χ4n) is 1.41. The molecular weight excluding hydrogens is 302 g/mol. The SMILES string of the molecule is Cc1ocnc1COc1ccc(Br)cc1C(=O)O. The molecule has 0 bridgehead atoms. The van der Waals surface area contributed by atoms with Gasteiger partial charge in [-0.3, -0.25) is 0 Å². The van der Waals surface area contributed by atoms with E-state index in [9.17, 15) is 4.79 Å². The van der Waals surface area contributed by atoms with Crippen molar-refractivity contribution < 1.29 is 19.1 Å². The van der Waals surface area contributed by atoms with E-state index >= 15 is 0 Å². The van der Waals surface area contributed by atoms with Gasteiger partial charge in [0.2, 0.25) is 0 Å². The molecule has 0 unspecified atom stereocenters. The molecule has 0 aliphatic heterocycles. The molecule has 0 aliphatic carbocycles. The second-order valence-corrected chi connectivity index (χ2v) is 4.51.